The number of hydrogen-bond donors (Lipinski definition) is 0. The highest BCUT2D eigenvalue weighted by Crippen LogP contribution is 2.35. The first-order valence-corrected chi connectivity index (χ1v) is 8.65. The molecule has 6 heteroatoms. The molecule has 4 aromatic rings. The van der Waals surface area contributed by atoms with Gasteiger partial charge in [0, 0.05) is 6.07 Å². The van der Waals surface area contributed by atoms with E-state index in [2.05, 4.69) is 22.5 Å². The van der Waals surface area contributed by atoms with E-state index in [1.165, 1.54) is 0 Å². The van der Waals surface area contributed by atoms with Gasteiger partial charge in [-0.15, -0.1) is 5.10 Å². The normalized spacial score (nSPS) is 10.4. The summed E-state index contributed by atoms with van der Waals surface area (Å²) in [6.45, 7) is 3.92. The van der Waals surface area contributed by atoms with E-state index in [0.29, 0.717) is 17.2 Å². The summed E-state index contributed by atoms with van der Waals surface area (Å²) in [5.41, 5.74) is 4.50. The molecule has 0 unspecified atom stereocenters. The van der Waals surface area contributed by atoms with Gasteiger partial charge in [0.25, 0.3) is 0 Å². The highest BCUT2D eigenvalue weighted by atomic mass is 16.5. The van der Waals surface area contributed by atoms with Crippen LogP contribution in [0.5, 0.6) is 11.5 Å². The zero-order valence-corrected chi connectivity index (χ0v) is 15.3. The van der Waals surface area contributed by atoms with Gasteiger partial charge < -0.3 is 4.74 Å². The van der Waals surface area contributed by atoms with Gasteiger partial charge >= 0.3 is 0 Å². The van der Waals surface area contributed by atoms with Crippen LogP contribution in [0.15, 0.2) is 54.6 Å². The third kappa shape index (κ3) is 2.84. The van der Waals surface area contributed by atoms with E-state index in [1.54, 1.807) is 16.8 Å². The molecular formula is C22H15N5O. The minimum Gasteiger partial charge on any atom is -0.454 e. The third-order valence-electron chi connectivity index (χ3n) is 4.54. The molecule has 4 rings (SSSR count). The summed E-state index contributed by atoms with van der Waals surface area (Å²) < 4.78 is 7.86. The fraction of sp³-hybridized carbons (Fsp3) is 0.0909. The first-order chi connectivity index (χ1) is 13.6. The lowest BCUT2D eigenvalue weighted by molar-refractivity contribution is 0.470. The summed E-state index contributed by atoms with van der Waals surface area (Å²) in [6.07, 6.45) is 0. The van der Waals surface area contributed by atoms with Gasteiger partial charge in [-0.2, -0.15) is 10.5 Å². The van der Waals surface area contributed by atoms with Gasteiger partial charge in [0.2, 0.25) is 0 Å². The molecule has 6 nitrogen and oxygen atoms in total. The Bertz CT molecular complexity index is 1270. The molecule has 28 heavy (non-hydrogen) atoms. The van der Waals surface area contributed by atoms with E-state index >= 15 is 0 Å². The molecule has 0 N–H and O–H groups in total. The number of para-hydroxylation sites is 2. The predicted molar refractivity (Wildman–Crippen MR) is 104 cm³/mol. The van der Waals surface area contributed by atoms with Crippen molar-refractivity contribution in [3.63, 3.8) is 0 Å². The Labute approximate surface area is 161 Å². The van der Waals surface area contributed by atoms with Crippen molar-refractivity contribution in [3.8, 4) is 29.3 Å². The van der Waals surface area contributed by atoms with Crippen molar-refractivity contribution >= 4 is 11.0 Å². The highest BCUT2D eigenvalue weighted by Gasteiger charge is 2.18. The number of hydrogen-bond acceptors (Lipinski definition) is 5. The second-order valence-electron chi connectivity index (χ2n) is 6.40. The maximum atomic E-state index is 9.47. The quantitative estimate of drug-likeness (QED) is 0.530. The minimum atomic E-state index is 0.247. The van der Waals surface area contributed by atoms with Crippen LogP contribution in [0.3, 0.4) is 0 Å². The summed E-state index contributed by atoms with van der Waals surface area (Å²) in [4.78, 5) is 0. The van der Waals surface area contributed by atoms with Gasteiger partial charge in [-0.05, 0) is 43.2 Å². The second kappa shape index (κ2) is 6.86. The van der Waals surface area contributed by atoms with Gasteiger partial charge in [0.05, 0.1) is 16.6 Å². The second-order valence-corrected chi connectivity index (χ2v) is 6.40. The van der Waals surface area contributed by atoms with Crippen molar-refractivity contribution in [3.05, 3.63) is 76.9 Å². The Kier molecular flexibility index (Phi) is 4.23. The number of benzene rings is 3. The van der Waals surface area contributed by atoms with Crippen molar-refractivity contribution in [1.29, 1.82) is 10.5 Å². The molecule has 0 saturated carbocycles. The van der Waals surface area contributed by atoms with Crippen LogP contribution in [-0.2, 0) is 0 Å². The Morgan fingerprint density at radius 3 is 2.29 bits per heavy atom. The summed E-state index contributed by atoms with van der Waals surface area (Å²) in [7, 11) is 0. The van der Waals surface area contributed by atoms with Crippen LogP contribution in [0.4, 0.5) is 0 Å². The van der Waals surface area contributed by atoms with E-state index in [1.807, 2.05) is 56.3 Å². The van der Waals surface area contributed by atoms with Crippen LogP contribution in [0.2, 0.25) is 0 Å². The Hall–Kier alpha value is -4.16. The van der Waals surface area contributed by atoms with E-state index in [9.17, 15) is 10.5 Å². The van der Waals surface area contributed by atoms with Crippen molar-refractivity contribution in [2.75, 3.05) is 0 Å². The molecule has 0 spiro atoms. The fourth-order valence-electron chi connectivity index (χ4n) is 3.12. The largest absolute Gasteiger partial charge is 0.454 e. The molecule has 3 aromatic carbocycles. The lowest BCUT2D eigenvalue weighted by Crippen LogP contribution is -2.03. The monoisotopic (exact) mass is 365 g/mol. The van der Waals surface area contributed by atoms with E-state index in [0.717, 1.165) is 22.2 Å². The molecule has 1 aromatic heterocycles. The number of ether oxygens (including phenoxy) is 1. The molecular weight excluding hydrogens is 350 g/mol. The van der Waals surface area contributed by atoms with E-state index in [4.69, 9.17) is 4.74 Å². The van der Waals surface area contributed by atoms with Gasteiger partial charge in [-0.3, -0.25) is 0 Å². The maximum Gasteiger partial charge on any atom is 0.154 e. The molecule has 0 aliphatic rings. The van der Waals surface area contributed by atoms with Crippen LogP contribution in [0.25, 0.3) is 16.7 Å². The Balaban J connectivity index is 1.97. The standard InChI is InChI=1S/C22H15N5O/c1-14-6-5-7-15(2)22(14)28-21-11-17(13-24)16(12-23)10-20(21)27-19-9-4-3-8-18(19)25-26-27/h3-11H,1-2H3. The molecule has 1 heterocycles. The topological polar surface area (TPSA) is 87.5 Å². The predicted octanol–water partition coefficient (Wildman–Crippen LogP) is 4.57. The zero-order chi connectivity index (χ0) is 19.7. The summed E-state index contributed by atoms with van der Waals surface area (Å²) in [5.74, 6) is 1.14. The minimum absolute atomic E-state index is 0.247. The first kappa shape index (κ1) is 17.3. The lowest BCUT2D eigenvalue weighted by atomic mass is 10.1. The number of nitrogens with zero attached hydrogens (tertiary/aromatic N) is 5. The molecule has 0 aliphatic carbocycles. The van der Waals surface area contributed by atoms with Crippen molar-refractivity contribution in [1.82, 2.24) is 15.0 Å². The van der Waals surface area contributed by atoms with E-state index in [-0.39, 0.29) is 11.1 Å². The number of aromatic nitrogens is 3. The molecule has 0 aliphatic heterocycles. The molecule has 0 radical (unpaired) electrons. The van der Waals surface area contributed by atoms with Crippen molar-refractivity contribution in [2.45, 2.75) is 13.8 Å². The van der Waals surface area contributed by atoms with Gasteiger partial charge in [0.1, 0.15) is 29.1 Å². The first-order valence-electron chi connectivity index (χ1n) is 8.65. The van der Waals surface area contributed by atoms with Crippen molar-refractivity contribution < 1.29 is 4.74 Å². The summed E-state index contributed by atoms with van der Waals surface area (Å²) >= 11 is 0. The number of aryl methyl sites for hydroxylation is 2. The lowest BCUT2D eigenvalue weighted by Gasteiger charge is -2.16. The number of nitriles is 2. The van der Waals surface area contributed by atoms with Crippen molar-refractivity contribution in [2.24, 2.45) is 0 Å². The molecule has 134 valence electrons. The Morgan fingerprint density at radius 1 is 0.893 bits per heavy atom. The Morgan fingerprint density at radius 2 is 1.57 bits per heavy atom. The maximum absolute atomic E-state index is 9.47. The van der Waals surface area contributed by atoms with E-state index < -0.39 is 0 Å². The van der Waals surface area contributed by atoms with Crippen LogP contribution >= 0.6 is 0 Å². The smallest absolute Gasteiger partial charge is 0.154 e. The highest BCUT2D eigenvalue weighted by molar-refractivity contribution is 5.77. The van der Waals surface area contributed by atoms with Gasteiger partial charge in [-0.1, -0.05) is 35.5 Å². The molecule has 0 saturated heterocycles. The van der Waals surface area contributed by atoms with Gasteiger partial charge in [0.15, 0.2) is 5.75 Å². The fourth-order valence-corrected chi connectivity index (χ4v) is 3.12. The molecule has 0 fully saturated rings. The number of fused-ring (bicyclic) bond motifs is 1. The van der Waals surface area contributed by atoms with Crippen LogP contribution in [-0.4, -0.2) is 15.0 Å². The SMILES string of the molecule is Cc1cccc(C)c1Oc1cc(C#N)c(C#N)cc1-n1nnc2ccccc21. The van der Waals surface area contributed by atoms with Crippen LogP contribution in [0, 0.1) is 36.5 Å². The summed E-state index contributed by atoms with van der Waals surface area (Å²) in [6, 6.07) is 20.7. The van der Waals surface area contributed by atoms with Gasteiger partial charge in [-0.25, -0.2) is 4.68 Å². The average molecular weight is 365 g/mol. The third-order valence-corrected chi connectivity index (χ3v) is 4.54. The average Bonchev–Trinajstić information content (AvgIpc) is 3.14. The number of rotatable bonds is 3. The molecule has 0 atom stereocenters. The van der Waals surface area contributed by atoms with Crippen LogP contribution in [0.1, 0.15) is 22.3 Å². The van der Waals surface area contributed by atoms with Crippen LogP contribution < -0.4 is 4.74 Å². The molecule has 0 amide bonds. The summed E-state index contributed by atoms with van der Waals surface area (Å²) in [5, 5.41) is 27.3. The molecule has 0 bridgehead atoms. The zero-order valence-electron chi connectivity index (χ0n) is 15.3.